The molecule has 2 saturated heterocycles. The quantitative estimate of drug-likeness (QED) is 0.376. The van der Waals surface area contributed by atoms with Crippen LogP contribution in [0, 0.1) is 11.3 Å². The Morgan fingerprint density at radius 2 is 1.60 bits per heavy atom. The Morgan fingerprint density at radius 3 is 2.21 bits per heavy atom. The standard InChI is InChI=1S/C32H42ClN3O4S.ClH/c1-41(39,40)28-13-7-24(8-14-28)23-36-22-18-32(31(36)38)16-20-35(21-17-32)19-15-29(25-9-11-27(33)12-10-25)34-30(37)26-5-3-2-4-6-26;/h7-14,26,29H,2-6,15-23H2,1H3,(H,34,37);1H. The van der Waals surface area contributed by atoms with Gasteiger partial charge in [-0.1, -0.05) is 55.1 Å². The third-order valence-electron chi connectivity index (χ3n) is 9.44. The van der Waals surface area contributed by atoms with Crippen molar-refractivity contribution in [1.82, 2.24) is 15.1 Å². The van der Waals surface area contributed by atoms with Crippen molar-refractivity contribution >= 4 is 45.7 Å². The number of sulfone groups is 1. The van der Waals surface area contributed by atoms with Crippen LogP contribution >= 0.6 is 24.0 Å². The van der Waals surface area contributed by atoms with E-state index < -0.39 is 9.84 Å². The minimum atomic E-state index is -3.24. The third kappa shape index (κ3) is 7.87. The first-order chi connectivity index (χ1) is 19.6. The number of rotatable bonds is 9. The van der Waals surface area contributed by atoms with E-state index >= 15 is 0 Å². The van der Waals surface area contributed by atoms with Gasteiger partial charge in [0.1, 0.15) is 0 Å². The Kier molecular flexibility index (Phi) is 11.0. The molecule has 1 unspecified atom stereocenters. The predicted molar refractivity (Wildman–Crippen MR) is 168 cm³/mol. The van der Waals surface area contributed by atoms with Gasteiger partial charge >= 0.3 is 0 Å². The van der Waals surface area contributed by atoms with Gasteiger partial charge in [0.15, 0.2) is 9.84 Å². The van der Waals surface area contributed by atoms with Crippen LogP contribution in [-0.2, 0) is 26.0 Å². The van der Waals surface area contributed by atoms with E-state index in [-0.39, 0.29) is 41.6 Å². The van der Waals surface area contributed by atoms with Crippen molar-refractivity contribution in [2.45, 2.75) is 75.3 Å². The van der Waals surface area contributed by atoms with Crippen molar-refractivity contribution < 1.29 is 18.0 Å². The van der Waals surface area contributed by atoms with Gasteiger partial charge in [-0.2, -0.15) is 0 Å². The zero-order valence-electron chi connectivity index (χ0n) is 24.4. The largest absolute Gasteiger partial charge is 0.349 e. The van der Waals surface area contributed by atoms with Gasteiger partial charge in [0.2, 0.25) is 11.8 Å². The highest BCUT2D eigenvalue weighted by Gasteiger charge is 2.47. The van der Waals surface area contributed by atoms with Gasteiger partial charge in [0.25, 0.3) is 0 Å². The summed E-state index contributed by atoms with van der Waals surface area (Å²) in [7, 11) is -3.24. The maximum Gasteiger partial charge on any atom is 0.229 e. The van der Waals surface area contributed by atoms with Crippen molar-refractivity contribution in [3.05, 3.63) is 64.7 Å². The molecule has 1 saturated carbocycles. The van der Waals surface area contributed by atoms with Crippen molar-refractivity contribution in [1.29, 1.82) is 0 Å². The molecule has 2 aromatic rings. The number of hydrogen-bond acceptors (Lipinski definition) is 5. The lowest BCUT2D eigenvalue weighted by Gasteiger charge is -2.38. The van der Waals surface area contributed by atoms with Crippen molar-refractivity contribution in [3.63, 3.8) is 0 Å². The second kappa shape index (κ2) is 14.1. The average molecular weight is 637 g/mol. The van der Waals surface area contributed by atoms with Gasteiger partial charge in [0.05, 0.1) is 16.4 Å². The Hall–Kier alpha value is -2.13. The van der Waals surface area contributed by atoms with E-state index in [1.165, 1.54) is 12.7 Å². The van der Waals surface area contributed by atoms with Crippen molar-refractivity contribution in [2.24, 2.45) is 11.3 Å². The molecule has 0 radical (unpaired) electrons. The second-order valence-electron chi connectivity index (χ2n) is 12.3. The Balaban J connectivity index is 0.00000405. The molecule has 2 heterocycles. The summed E-state index contributed by atoms with van der Waals surface area (Å²) in [5.74, 6) is 0.510. The highest BCUT2D eigenvalue weighted by molar-refractivity contribution is 7.90. The highest BCUT2D eigenvalue weighted by Crippen LogP contribution is 2.42. The van der Waals surface area contributed by atoms with Gasteiger partial charge in [-0.15, -0.1) is 12.4 Å². The lowest BCUT2D eigenvalue weighted by molar-refractivity contribution is -0.139. The second-order valence-corrected chi connectivity index (χ2v) is 14.7. The van der Waals surface area contributed by atoms with Crippen LogP contribution < -0.4 is 5.32 Å². The van der Waals surface area contributed by atoms with E-state index in [1.54, 1.807) is 24.3 Å². The molecule has 0 aromatic heterocycles. The fraction of sp³-hybridized carbons (Fsp3) is 0.562. The molecule has 230 valence electrons. The van der Waals surface area contributed by atoms with Gasteiger partial charge in [-0.3, -0.25) is 9.59 Å². The molecule has 1 aliphatic carbocycles. The first-order valence-electron chi connectivity index (χ1n) is 15.0. The molecule has 1 N–H and O–H groups in total. The topological polar surface area (TPSA) is 86.8 Å². The van der Waals surface area contributed by atoms with Gasteiger partial charge in [-0.25, -0.2) is 8.42 Å². The summed E-state index contributed by atoms with van der Waals surface area (Å²) in [6, 6.07) is 14.6. The summed E-state index contributed by atoms with van der Waals surface area (Å²) in [5.41, 5.74) is 1.73. The van der Waals surface area contributed by atoms with Crippen LogP contribution in [0.15, 0.2) is 53.4 Å². The number of amides is 2. The van der Waals surface area contributed by atoms with Crippen molar-refractivity contribution in [2.75, 3.05) is 32.4 Å². The summed E-state index contributed by atoms with van der Waals surface area (Å²) in [4.78, 5) is 31.3. The number of hydrogen-bond donors (Lipinski definition) is 1. The minimum Gasteiger partial charge on any atom is -0.349 e. The molecule has 42 heavy (non-hydrogen) atoms. The molecule has 2 aliphatic heterocycles. The van der Waals surface area contributed by atoms with E-state index in [0.29, 0.717) is 16.5 Å². The van der Waals surface area contributed by atoms with Crippen LogP contribution in [0.4, 0.5) is 0 Å². The van der Waals surface area contributed by atoms with E-state index in [4.69, 9.17) is 11.6 Å². The van der Waals surface area contributed by atoms with E-state index in [2.05, 4.69) is 10.2 Å². The molecule has 3 aliphatic rings. The highest BCUT2D eigenvalue weighted by atomic mass is 35.5. The lowest BCUT2D eigenvalue weighted by atomic mass is 9.77. The number of likely N-dealkylation sites (tertiary alicyclic amines) is 2. The van der Waals surface area contributed by atoms with Crippen LogP contribution in [0.3, 0.4) is 0 Å². The lowest BCUT2D eigenvalue weighted by Crippen LogP contribution is -2.45. The molecule has 2 aromatic carbocycles. The molecule has 0 bridgehead atoms. The molecule has 1 spiro atoms. The maximum atomic E-state index is 13.5. The molecule has 5 rings (SSSR count). The summed E-state index contributed by atoms with van der Waals surface area (Å²) in [6.45, 7) is 3.84. The SMILES string of the molecule is CS(=O)(=O)c1ccc(CN2CCC3(CCN(CCC(NC(=O)C4CCCCC4)c4ccc(Cl)cc4)CC3)C2=O)cc1.Cl. The molecule has 2 amide bonds. The number of piperidine rings is 1. The van der Waals surface area contributed by atoms with Crippen molar-refractivity contribution in [3.8, 4) is 0 Å². The fourth-order valence-corrected chi connectivity index (χ4v) is 7.51. The number of nitrogens with zero attached hydrogens (tertiary/aromatic N) is 2. The maximum absolute atomic E-state index is 13.5. The number of halogens is 2. The molecule has 1 atom stereocenters. The molecule has 10 heteroatoms. The van der Waals surface area contributed by atoms with Crippen LogP contribution in [0.1, 0.15) is 75.0 Å². The van der Waals surface area contributed by atoms with E-state index in [0.717, 1.165) is 88.7 Å². The smallest absolute Gasteiger partial charge is 0.229 e. The van der Waals surface area contributed by atoms with Gasteiger partial charge in [-0.05, 0) is 87.0 Å². The first kappa shape index (κ1) is 32.8. The van der Waals surface area contributed by atoms with Gasteiger partial charge < -0.3 is 15.1 Å². The van der Waals surface area contributed by atoms with Crippen LogP contribution in [0.5, 0.6) is 0 Å². The fourth-order valence-electron chi connectivity index (χ4n) is 6.76. The number of carbonyl (C=O) groups excluding carboxylic acids is 2. The summed E-state index contributed by atoms with van der Waals surface area (Å²) in [6.07, 6.45) is 10.0. The molecule has 3 fully saturated rings. The normalized spacial score (nSPS) is 20.3. The number of nitrogens with one attached hydrogen (secondary N) is 1. The zero-order valence-corrected chi connectivity index (χ0v) is 26.8. The predicted octanol–water partition coefficient (Wildman–Crippen LogP) is 5.81. The van der Waals surface area contributed by atoms with Gasteiger partial charge in [0, 0.05) is 36.8 Å². The number of carbonyl (C=O) groups is 2. The van der Waals surface area contributed by atoms with Crippen LogP contribution in [-0.4, -0.2) is 62.5 Å². The Morgan fingerprint density at radius 1 is 0.976 bits per heavy atom. The molecular formula is C32H43Cl2N3O4S. The number of benzene rings is 2. The van der Waals surface area contributed by atoms with Crippen LogP contribution in [0.2, 0.25) is 5.02 Å². The Bertz CT molecular complexity index is 1320. The summed E-state index contributed by atoms with van der Waals surface area (Å²) in [5, 5.41) is 4.04. The first-order valence-corrected chi connectivity index (χ1v) is 17.3. The monoisotopic (exact) mass is 635 g/mol. The summed E-state index contributed by atoms with van der Waals surface area (Å²) >= 11 is 6.14. The van der Waals surface area contributed by atoms with Crippen LogP contribution in [0.25, 0.3) is 0 Å². The third-order valence-corrected chi connectivity index (χ3v) is 10.8. The average Bonchev–Trinajstić information content (AvgIpc) is 3.26. The Labute approximate surface area is 261 Å². The molecule has 7 nitrogen and oxygen atoms in total. The summed E-state index contributed by atoms with van der Waals surface area (Å²) < 4.78 is 23.5. The zero-order chi connectivity index (χ0) is 29.0. The van der Waals surface area contributed by atoms with E-state index in [9.17, 15) is 18.0 Å². The minimum absolute atomic E-state index is 0. The van der Waals surface area contributed by atoms with E-state index in [1.807, 2.05) is 29.2 Å². The molecular weight excluding hydrogens is 593 g/mol.